The maximum absolute atomic E-state index is 12.4. The first kappa shape index (κ1) is 16.4. The van der Waals surface area contributed by atoms with Gasteiger partial charge in [0.15, 0.2) is 0 Å². The number of aryl methyl sites for hydroxylation is 1. The molecule has 2 aliphatic rings. The average Bonchev–Trinajstić information content (AvgIpc) is 3.05. The van der Waals surface area contributed by atoms with Crippen molar-refractivity contribution in [1.29, 1.82) is 0 Å². The zero-order chi connectivity index (χ0) is 16.4. The highest BCUT2D eigenvalue weighted by Crippen LogP contribution is 2.35. The van der Waals surface area contributed by atoms with E-state index in [0.717, 1.165) is 37.3 Å². The number of amides is 1. The minimum absolute atomic E-state index is 0.0529. The van der Waals surface area contributed by atoms with Crippen LogP contribution in [0.1, 0.15) is 43.6 Å². The van der Waals surface area contributed by atoms with Crippen LogP contribution in [0.5, 0.6) is 0 Å². The molecule has 0 saturated carbocycles. The summed E-state index contributed by atoms with van der Waals surface area (Å²) in [6, 6.07) is 6.54. The lowest BCUT2D eigenvalue weighted by atomic mass is 9.91. The van der Waals surface area contributed by atoms with Gasteiger partial charge in [-0.3, -0.25) is 14.7 Å². The van der Waals surface area contributed by atoms with E-state index in [-0.39, 0.29) is 11.3 Å². The summed E-state index contributed by atoms with van der Waals surface area (Å²) in [6.45, 7) is 7.33. The van der Waals surface area contributed by atoms with Crippen molar-refractivity contribution < 1.29 is 9.53 Å². The van der Waals surface area contributed by atoms with Crippen molar-refractivity contribution in [2.24, 2.45) is 5.41 Å². The van der Waals surface area contributed by atoms with Gasteiger partial charge >= 0.3 is 0 Å². The Morgan fingerprint density at radius 2 is 2.26 bits per heavy atom. The number of aromatic nitrogens is 1. The molecule has 0 N–H and O–H groups in total. The van der Waals surface area contributed by atoms with Crippen LogP contribution in [-0.2, 0) is 9.53 Å². The van der Waals surface area contributed by atoms with Crippen molar-refractivity contribution in [3.05, 3.63) is 29.6 Å². The molecule has 5 heteroatoms. The van der Waals surface area contributed by atoms with Gasteiger partial charge in [0.2, 0.25) is 5.91 Å². The molecular formula is C18H27N3O2. The number of hydrogen-bond donors (Lipinski definition) is 0. The Labute approximate surface area is 138 Å². The molecule has 0 unspecified atom stereocenters. The second-order valence-corrected chi connectivity index (χ2v) is 7.33. The van der Waals surface area contributed by atoms with Crippen molar-refractivity contribution >= 4 is 5.91 Å². The molecule has 5 nitrogen and oxygen atoms in total. The van der Waals surface area contributed by atoms with Crippen LogP contribution >= 0.6 is 0 Å². The third-order valence-corrected chi connectivity index (χ3v) is 4.96. The third kappa shape index (κ3) is 3.56. The Hall–Kier alpha value is -1.46. The zero-order valence-electron chi connectivity index (χ0n) is 14.4. The molecule has 126 valence electrons. The van der Waals surface area contributed by atoms with Crippen LogP contribution in [0.3, 0.4) is 0 Å². The van der Waals surface area contributed by atoms with Crippen LogP contribution in [0.25, 0.3) is 0 Å². The number of carbonyl (C=O) groups excluding carboxylic acids is 1. The lowest BCUT2D eigenvalue weighted by Crippen LogP contribution is -2.39. The molecule has 1 aromatic rings. The predicted molar refractivity (Wildman–Crippen MR) is 88.8 cm³/mol. The molecule has 0 aromatic carbocycles. The highest BCUT2D eigenvalue weighted by atomic mass is 16.5. The molecule has 2 saturated heterocycles. The summed E-state index contributed by atoms with van der Waals surface area (Å²) in [7, 11) is 1.71. The van der Waals surface area contributed by atoms with E-state index in [1.54, 1.807) is 7.11 Å². The maximum Gasteiger partial charge on any atom is 0.224 e. The summed E-state index contributed by atoms with van der Waals surface area (Å²) in [4.78, 5) is 21.5. The second-order valence-electron chi connectivity index (χ2n) is 7.33. The summed E-state index contributed by atoms with van der Waals surface area (Å²) >= 11 is 0. The standard InChI is InChI=1S/C18H27N3O2/c1-14-6-4-7-15(19-14)16-8-5-9-20(16)13-21-11-18(2,12-23-3)10-17(21)22/h4,6-7,16H,5,8-13H2,1-3H3/t16-,18-/m1/s1. The molecule has 0 radical (unpaired) electrons. The molecule has 2 fully saturated rings. The molecule has 3 rings (SSSR count). The van der Waals surface area contributed by atoms with Crippen LogP contribution in [0, 0.1) is 12.3 Å². The summed E-state index contributed by atoms with van der Waals surface area (Å²) in [6.07, 6.45) is 2.87. The molecular weight excluding hydrogens is 290 g/mol. The van der Waals surface area contributed by atoms with Gasteiger partial charge in [-0.1, -0.05) is 13.0 Å². The third-order valence-electron chi connectivity index (χ3n) is 4.96. The lowest BCUT2D eigenvalue weighted by Gasteiger charge is -2.30. The summed E-state index contributed by atoms with van der Waals surface area (Å²) in [5.74, 6) is 0.243. The number of nitrogens with zero attached hydrogens (tertiary/aromatic N) is 3. The van der Waals surface area contributed by atoms with E-state index < -0.39 is 0 Å². The summed E-state index contributed by atoms with van der Waals surface area (Å²) < 4.78 is 5.30. The quantitative estimate of drug-likeness (QED) is 0.836. The SMILES string of the molecule is COC[C@]1(C)CC(=O)N(CN2CCC[C@@H]2c2cccc(C)n2)C1. The van der Waals surface area contributed by atoms with Crippen LogP contribution in [-0.4, -0.2) is 54.2 Å². The van der Waals surface area contributed by atoms with Gasteiger partial charge in [0.1, 0.15) is 0 Å². The van der Waals surface area contributed by atoms with Gasteiger partial charge in [-0.2, -0.15) is 0 Å². The number of hydrogen-bond acceptors (Lipinski definition) is 4. The fraction of sp³-hybridized carbons (Fsp3) is 0.667. The molecule has 2 aliphatic heterocycles. The fourth-order valence-electron chi connectivity index (χ4n) is 3.96. The van der Waals surface area contributed by atoms with Crippen molar-refractivity contribution in [1.82, 2.24) is 14.8 Å². The Morgan fingerprint density at radius 1 is 1.43 bits per heavy atom. The Morgan fingerprint density at radius 3 is 3.00 bits per heavy atom. The van der Waals surface area contributed by atoms with Gasteiger partial charge in [0.05, 0.1) is 25.0 Å². The maximum atomic E-state index is 12.4. The van der Waals surface area contributed by atoms with Gasteiger partial charge in [0.25, 0.3) is 0 Å². The van der Waals surface area contributed by atoms with Gasteiger partial charge in [-0.25, -0.2) is 0 Å². The van der Waals surface area contributed by atoms with E-state index in [1.807, 2.05) is 17.9 Å². The molecule has 1 aromatic heterocycles. The molecule has 1 amide bonds. The smallest absolute Gasteiger partial charge is 0.224 e. The molecule has 23 heavy (non-hydrogen) atoms. The zero-order valence-corrected chi connectivity index (χ0v) is 14.4. The average molecular weight is 317 g/mol. The Kier molecular flexibility index (Phi) is 4.69. The van der Waals surface area contributed by atoms with E-state index in [2.05, 4.69) is 24.0 Å². The highest BCUT2D eigenvalue weighted by Gasteiger charge is 2.41. The number of ether oxygens (including phenoxy) is 1. The van der Waals surface area contributed by atoms with Gasteiger partial charge in [-0.15, -0.1) is 0 Å². The number of carbonyl (C=O) groups is 1. The van der Waals surface area contributed by atoms with Gasteiger partial charge < -0.3 is 9.64 Å². The van der Waals surface area contributed by atoms with Gasteiger partial charge in [-0.05, 0) is 31.9 Å². The largest absolute Gasteiger partial charge is 0.384 e. The van der Waals surface area contributed by atoms with E-state index in [1.165, 1.54) is 0 Å². The topological polar surface area (TPSA) is 45.7 Å². The number of rotatable bonds is 5. The monoisotopic (exact) mass is 317 g/mol. The summed E-state index contributed by atoms with van der Waals surface area (Å²) in [5, 5.41) is 0. The first-order chi connectivity index (χ1) is 11.0. The first-order valence-corrected chi connectivity index (χ1v) is 8.45. The van der Waals surface area contributed by atoms with Crippen LogP contribution < -0.4 is 0 Å². The van der Waals surface area contributed by atoms with E-state index in [4.69, 9.17) is 9.72 Å². The van der Waals surface area contributed by atoms with Crippen LogP contribution in [0.15, 0.2) is 18.2 Å². The van der Waals surface area contributed by atoms with Crippen molar-refractivity contribution in [2.45, 2.75) is 39.2 Å². The normalized spacial score (nSPS) is 28.7. The minimum atomic E-state index is -0.0529. The molecule has 0 aliphatic carbocycles. The van der Waals surface area contributed by atoms with Crippen molar-refractivity contribution in [3.8, 4) is 0 Å². The van der Waals surface area contributed by atoms with Crippen molar-refractivity contribution in [3.63, 3.8) is 0 Å². The predicted octanol–water partition coefficient (Wildman–Crippen LogP) is 2.37. The number of methoxy groups -OCH3 is 1. The van der Waals surface area contributed by atoms with Crippen molar-refractivity contribution in [2.75, 3.05) is 33.5 Å². The fourth-order valence-corrected chi connectivity index (χ4v) is 3.96. The van der Waals surface area contributed by atoms with E-state index in [9.17, 15) is 4.79 Å². The molecule has 2 atom stereocenters. The molecule has 0 spiro atoms. The number of pyridine rings is 1. The van der Waals surface area contributed by atoms with E-state index in [0.29, 0.717) is 25.7 Å². The van der Waals surface area contributed by atoms with Crippen LogP contribution in [0.2, 0.25) is 0 Å². The Balaban J connectivity index is 1.68. The first-order valence-electron chi connectivity index (χ1n) is 8.45. The second kappa shape index (κ2) is 6.57. The van der Waals surface area contributed by atoms with Crippen LogP contribution in [0.4, 0.5) is 0 Å². The van der Waals surface area contributed by atoms with E-state index >= 15 is 0 Å². The highest BCUT2D eigenvalue weighted by molar-refractivity contribution is 5.79. The van der Waals surface area contributed by atoms with Gasteiger partial charge in [0, 0.05) is 37.7 Å². The number of likely N-dealkylation sites (tertiary alicyclic amines) is 2. The lowest BCUT2D eigenvalue weighted by molar-refractivity contribution is -0.129. The Bertz CT molecular complexity index is 577. The molecule has 3 heterocycles. The summed E-state index contributed by atoms with van der Waals surface area (Å²) in [5.41, 5.74) is 2.14. The molecule has 0 bridgehead atoms. The minimum Gasteiger partial charge on any atom is -0.384 e.